The van der Waals surface area contributed by atoms with Gasteiger partial charge in [-0.3, -0.25) is 9.59 Å². The number of amides is 1. The minimum absolute atomic E-state index is 0.142. The van der Waals surface area contributed by atoms with Crippen molar-refractivity contribution >= 4 is 17.3 Å². The number of hydrogen-bond donors (Lipinski definition) is 1. The first kappa shape index (κ1) is 13.5. The van der Waals surface area contributed by atoms with Crippen LogP contribution in [-0.4, -0.2) is 18.7 Å². The predicted molar refractivity (Wildman–Crippen MR) is 75.8 cm³/mol. The van der Waals surface area contributed by atoms with Gasteiger partial charge in [-0.2, -0.15) is 0 Å². The number of carbonyl (C=O) groups excluding carboxylic acids is 2. The Bertz CT molecular complexity index is 554. The monoisotopic (exact) mass is 257 g/mol. The fourth-order valence-corrected chi connectivity index (χ4v) is 2.78. The molecule has 19 heavy (non-hydrogen) atoms. The minimum atomic E-state index is -0.275. The number of likely N-dealkylation sites (N-methyl/N-ethyl adjacent to an activating group) is 1. The van der Waals surface area contributed by atoms with Gasteiger partial charge in [0.1, 0.15) is 0 Å². The molecule has 0 aromatic heterocycles. The average Bonchev–Trinajstić information content (AvgIpc) is 2.74. The Morgan fingerprint density at radius 2 is 1.74 bits per heavy atom. The molecule has 0 saturated heterocycles. The van der Waals surface area contributed by atoms with Crippen molar-refractivity contribution in [3.05, 3.63) is 41.0 Å². The Morgan fingerprint density at radius 1 is 1.16 bits per heavy atom. The SMILES string of the molecule is CCC(CC)C1=C(C(=O)NC)C(=O)c2ccccc21. The zero-order valence-electron chi connectivity index (χ0n) is 11.6. The van der Waals surface area contributed by atoms with Crippen LogP contribution in [0.15, 0.2) is 29.8 Å². The van der Waals surface area contributed by atoms with Crippen molar-refractivity contribution in [1.29, 1.82) is 0 Å². The number of Topliss-reactive ketones (excluding diaryl/α,β-unsaturated/α-hetero) is 1. The number of carbonyl (C=O) groups is 2. The Kier molecular flexibility index (Phi) is 3.84. The van der Waals surface area contributed by atoms with Crippen LogP contribution < -0.4 is 5.32 Å². The number of hydrogen-bond acceptors (Lipinski definition) is 2. The average molecular weight is 257 g/mol. The molecule has 0 atom stereocenters. The van der Waals surface area contributed by atoms with E-state index in [1.165, 1.54) is 0 Å². The van der Waals surface area contributed by atoms with Crippen LogP contribution in [0.3, 0.4) is 0 Å². The van der Waals surface area contributed by atoms with E-state index in [2.05, 4.69) is 19.2 Å². The highest BCUT2D eigenvalue weighted by molar-refractivity contribution is 6.34. The molecular weight excluding hydrogens is 238 g/mol. The molecule has 1 aromatic carbocycles. The summed E-state index contributed by atoms with van der Waals surface area (Å²) in [5.74, 6) is -0.167. The van der Waals surface area contributed by atoms with Gasteiger partial charge in [0, 0.05) is 12.6 Å². The van der Waals surface area contributed by atoms with Crippen LogP contribution in [0.5, 0.6) is 0 Å². The first-order chi connectivity index (χ1) is 9.15. The molecular formula is C16H19NO2. The summed E-state index contributed by atoms with van der Waals surface area (Å²) in [6.07, 6.45) is 1.85. The zero-order valence-corrected chi connectivity index (χ0v) is 11.6. The van der Waals surface area contributed by atoms with E-state index in [1.807, 2.05) is 18.2 Å². The molecule has 1 aliphatic carbocycles. The van der Waals surface area contributed by atoms with Gasteiger partial charge in [0.05, 0.1) is 5.57 Å². The molecule has 0 fully saturated rings. The third-order valence-corrected chi connectivity index (χ3v) is 3.81. The second-order valence-electron chi connectivity index (χ2n) is 4.76. The quantitative estimate of drug-likeness (QED) is 0.843. The van der Waals surface area contributed by atoms with Crippen molar-refractivity contribution in [2.75, 3.05) is 7.05 Å². The van der Waals surface area contributed by atoms with Gasteiger partial charge >= 0.3 is 0 Å². The van der Waals surface area contributed by atoms with E-state index < -0.39 is 0 Å². The Hall–Kier alpha value is -1.90. The standard InChI is InChI=1S/C16H19NO2/c1-4-10(5-2)13-11-8-6-7-9-12(11)15(18)14(13)16(19)17-3/h6-10H,4-5H2,1-3H3,(H,17,19). The molecule has 0 heterocycles. The highest BCUT2D eigenvalue weighted by Gasteiger charge is 2.35. The maximum Gasteiger partial charge on any atom is 0.255 e. The van der Waals surface area contributed by atoms with Crippen LogP contribution in [-0.2, 0) is 4.79 Å². The lowest BCUT2D eigenvalue weighted by atomic mass is 9.88. The summed E-state index contributed by atoms with van der Waals surface area (Å²) in [4.78, 5) is 24.5. The highest BCUT2D eigenvalue weighted by atomic mass is 16.2. The topological polar surface area (TPSA) is 46.2 Å². The summed E-state index contributed by atoms with van der Waals surface area (Å²) < 4.78 is 0. The molecule has 2 rings (SSSR count). The summed E-state index contributed by atoms with van der Waals surface area (Å²) in [5, 5.41) is 2.59. The summed E-state index contributed by atoms with van der Waals surface area (Å²) in [6, 6.07) is 7.50. The highest BCUT2D eigenvalue weighted by Crippen LogP contribution is 2.40. The van der Waals surface area contributed by atoms with Crippen molar-refractivity contribution in [1.82, 2.24) is 5.32 Å². The van der Waals surface area contributed by atoms with Gasteiger partial charge in [-0.05, 0) is 29.9 Å². The number of rotatable bonds is 4. The smallest absolute Gasteiger partial charge is 0.255 e. The summed E-state index contributed by atoms with van der Waals surface area (Å²) in [5.41, 5.74) is 2.84. The van der Waals surface area contributed by atoms with Crippen LogP contribution in [0, 0.1) is 5.92 Å². The van der Waals surface area contributed by atoms with Crippen LogP contribution in [0.2, 0.25) is 0 Å². The fourth-order valence-electron chi connectivity index (χ4n) is 2.78. The summed E-state index contributed by atoms with van der Waals surface area (Å²) in [6.45, 7) is 4.18. The van der Waals surface area contributed by atoms with Crippen molar-refractivity contribution in [3.63, 3.8) is 0 Å². The lowest BCUT2D eigenvalue weighted by Crippen LogP contribution is -2.24. The molecule has 1 aliphatic rings. The van der Waals surface area contributed by atoms with Gasteiger partial charge in [-0.15, -0.1) is 0 Å². The molecule has 0 unspecified atom stereocenters. The van der Waals surface area contributed by atoms with Gasteiger partial charge in [-0.1, -0.05) is 38.1 Å². The van der Waals surface area contributed by atoms with Crippen molar-refractivity contribution in [3.8, 4) is 0 Å². The van der Waals surface area contributed by atoms with Gasteiger partial charge < -0.3 is 5.32 Å². The van der Waals surface area contributed by atoms with Crippen molar-refractivity contribution in [2.24, 2.45) is 5.92 Å². The van der Waals surface area contributed by atoms with E-state index >= 15 is 0 Å². The summed E-state index contributed by atoms with van der Waals surface area (Å²) in [7, 11) is 1.57. The van der Waals surface area contributed by atoms with Gasteiger partial charge in [0.25, 0.3) is 5.91 Å². The molecule has 0 spiro atoms. The van der Waals surface area contributed by atoms with Crippen LogP contribution in [0.1, 0.15) is 42.6 Å². The lowest BCUT2D eigenvalue weighted by molar-refractivity contribution is -0.116. The van der Waals surface area contributed by atoms with Crippen LogP contribution >= 0.6 is 0 Å². The van der Waals surface area contributed by atoms with Gasteiger partial charge in [0.15, 0.2) is 5.78 Å². The molecule has 0 bridgehead atoms. The fraction of sp³-hybridized carbons (Fsp3) is 0.375. The van der Waals surface area contributed by atoms with E-state index in [9.17, 15) is 9.59 Å². The lowest BCUT2D eigenvalue weighted by Gasteiger charge is -2.16. The molecule has 1 aromatic rings. The van der Waals surface area contributed by atoms with Gasteiger partial charge in [-0.25, -0.2) is 0 Å². The maximum atomic E-state index is 12.4. The van der Waals surface area contributed by atoms with Crippen molar-refractivity contribution in [2.45, 2.75) is 26.7 Å². The van der Waals surface area contributed by atoms with Crippen molar-refractivity contribution < 1.29 is 9.59 Å². The Morgan fingerprint density at radius 3 is 2.26 bits per heavy atom. The first-order valence-corrected chi connectivity index (χ1v) is 6.75. The first-order valence-electron chi connectivity index (χ1n) is 6.75. The largest absolute Gasteiger partial charge is 0.355 e. The number of ketones is 1. The molecule has 0 saturated carbocycles. The molecule has 3 heteroatoms. The second-order valence-corrected chi connectivity index (χ2v) is 4.76. The van der Waals surface area contributed by atoms with E-state index in [0.29, 0.717) is 11.1 Å². The molecule has 3 nitrogen and oxygen atoms in total. The Balaban J connectivity index is 2.66. The third-order valence-electron chi connectivity index (χ3n) is 3.81. The number of nitrogens with one attached hydrogen (secondary N) is 1. The van der Waals surface area contributed by atoms with Gasteiger partial charge in [0.2, 0.25) is 0 Å². The van der Waals surface area contributed by atoms with E-state index in [4.69, 9.17) is 0 Å². The minimum Gasteiger partial charge on any atom is -0.355 e. The number of fused-ring (bicyclic) bond motifs is 1. The van der Waals surface area contributed by atoms with E-state index in [1.54, 1.807) is 13.1 Å². The summed E-state index contributed by atoms with van der Waals surface area (Å²) >= 11 is 0. The zero-order chi connectivity index (χ0) is 14.0. The number of allylic oxidation sites excluding steroid dienone is 1. The van der Waals surface area contributed by atoms with Crippen LogP contribution in [0.25, 0.3) is 5.57 Å². The molecule has 100 valence electrons. The molecule has 1 N–H and O–H groups in total. The predicted octanol–water partition coefficient (Wildman–Crippen LogP) is 2.82. The van der Waals surface area contributed by atoms with Crippen LogP contribution in [0.4, 0.5) is 0 Å². The third kappa shape index (κ3) is 2.09. The second kappa shape index (κ2) is 5.39. The number of benzene rings is 1. The normalized spacial score (nSPS) is 14.0. The molecule has 1 amide bonds. The van der Waals surface area contributed by atoms with E-state index in [-0.39, 0.29) is 17.6 Å². The maximum absolute atomic E-state index is 12.4. The molecule has 0 radical (unpaired) electrons. The molecule has 0 aliphatic heterocycles. The Labute approximate surface area is 113 Å². The van der Waals surface area contributed by atoms with E-state index in [0.717, 1.165) is 24.0 Å².